The smallest absolute Gasteiger partial charge is 0.329 e. The van der Waals surface area contributed by atoms with Crippen LogP contribution in [0, 0.1) is 5.92 Å². The van der Waals surface area contributed by atoms with Crippen molar-refractivity contribution in [3.63, 3.8) is 0 Å². The van der Waals surface area contributed by atoms with Crippen molar-refractivity contribution >= 4 is 5.97 Å². The Labute approximate surface area is 78.8 Å². The van der Waals surface area contributed by atoms with E-state index in [-0.39, 0.29) is 0 Å². The van der Waals surface area contributed by atoms with E-state index in [2.05, 4.69) is 12.2 Å². The van der Waals surface area contributed by atoms with E-state index in [1.54, 1.807) is 6.20 Å². The summed E-state index contributed by atoms with van der Waals surface area (Å²) in [5, 5.41) is 11.5. The number of aliphatic carboxylic acids is 1. The van der Waals surface area contributed by atoms with E-state index >= 15 is 0 Å². The zero-order valence-corrected chi connectivity index (χ0v) is 7.99. The van der Waals surface area contributed by atoms with Crippen LogP contribution in [0.4, 0.5) is 0 Å². The van der Waals surface area contributed by atoms with E-state index in [0.717, 1.165) is 12.0 Å². The predicted molar refractivity (Wildman–Crippen MR) is 51.3 cm³/mol. The topological polar surface area (TPSA) is 49.3 Å². The maximum Gasteiger partial charge on any atom is 0.329 e. The van der Waals surface area contributed by atoms with Gasteiger partial charge in [-0.1, -0.05) is 19.8 Å². The van der Waals surface area contributed by atoms with Gasteiger partial charge in [-0.3, -0.25) is 0 Å². The molecule has 0 amide bonds. The fourth-order valence-electron chi connectivity index (χ4n) is 1.99. The monoisotopic (exact) mass is 183 g/mol. The summed E-state index contributed by atoms with van der Waals surface area (Å²) in [4.78, 5) is 10.2. The van der Waals surface area contributed by atoms with Gasteiger partial charge in [0, 0.05) is 18.3 Å². The van der Waals surface area contributed by atoms with Gasteiger partial charge in [0.25, 0.3) is 0 Å². The second-order valence-electron chi connectivity index (χ2n) is 3.54. The number of carboxylic acid groups (broad SMARTS) is 1. The number of nitrogens with one attached hydrogen (secondary N) is 1. The molecule has 3 nitrogen and oxygen atoms in total. The second-order valence-corrected chi connectivity index (χ2v) is 3.54. The Morgan fingerprint density at radius 3 is 3.00 bits per heavy atom. The predicted octanol–water partition coefficient (Wildman–Crippen LogP) is 1.75. The molecule has 2 N–H and O–H groups in total. The average molecular weight is 183 g/mol. The van der Waals surface area contributed by atoms with Crippen LogP contribution in [0.2, 0.25) is 0 Å². The van der Waals surface area contributed by atoms with E-state index in [1.807, 2.05) is 0 Å². The first kappa shape index (κ1) is 10.1. The van der Waals surface area contributed by atoms with Gasteiger partial charge in [0.1, 0.15) is 0 Å². The van der Waals surface area contributed by atoms with Crippen LogP contribution in [0.15, 0.2) is 12.3 Å². The minimum absolute atomic E-state index is 0.487. The molecule has 0 aromatic rings. The van der Waals surface area contributed by atoms with Crippen molar-refractivity contribution < 1.29 is 9.90 Å². The van der Waals surface area contributed by atoms with E-state index in [0.29, 0.717) is 6.04 Å². The first-order chi connectivity index (χ1) is 6.24. The molecule has 2 atom stereocenters. The largest absolute Gasteiger partial charge is 0.478 e. The Bertz CT molecular complexity index is 201. The summed E-state index contributed by atoms with van der Waals surface area (Å²) in [6.07, 6.45) is 7.60. The van der Waals surface area contributed by atoms with Gasteiger partial charge in [-0.15, -0.1) is 0 Å². The number of hydrogen-bond donors (Lipinski definition) is 2. The van der Waals surface area contributed by atoms with Gasteiger partial charge in [0.2, 0.25) is 0 Å². The molecule has 0 heterocycles. The van der Waals surface area contributed by atoms with Crippen molar-refractivity contribution in [3.05, 3.63) is 12.3 Å². The third-order valence-corrected chi connectivity index (χ3v) is 2.72. The summed E-state index contributed by atoms with van der Waals surface area (Å²) in [6.45, 7) is 2.19. The standard InChI is InChI=1S/C10H17NO2/c1-2-8-4-3-5-9(8)11-7-6-10(12)13/h6-9,11H,2-5H2,1H3,(H,12,13)/b7-6+. The molecule has 0 aromatic heterocycles. The molecule has 13 heavy (non-hydrogen) atoms. The van der Waals surface area contributed by atoms with Crippen LogP contribution in [0.25, 0.3) is 0 Å². The van der Waals surface area contributed by atoms with Crippen LogP contribution in [0.1, 0.15) is 32.6 Å². The second kappa shape index (κ2) is 4.90. The molecular formula is C10H17NO2. The Hall–Kier alpha value is -0.990. The first-order valence-corrected chi connectivity index (χ1v) is 4.89. The maximum atomic E-state index is 10.2. The van der Waals surface area contributed by atoms with Crippen LogP contribution < -0.4 is 5.32 Å². The Balaban J connectivity index is 2.31. The Morgan fingerprint density at radius 1 is 1.62 bits per heavy atom. The van der Waals surface area contributed by atoms with Crippen LogP contribution >= 0.6 is 0 Å². The SMILES string of the molecule is CCC1CCCC1N/C=C/C(=O)O. The summed E-state index contributed by atoms with van der Waals surface area (Å²) in [5.74, 6) is -0.169. The minimum Gasteiger partial charge on any atom is -0.478 e. The highest BCUT2D eigenvalue weighted by atomic mass is 16.4. The van der Waals surface area contributed by atoms with Crippen molar-refractivity contribution in [2.24, 2.45) is 5.92 Å². The maximum absolute atomic E-state index is 10.2. The van der Waals surface area contributed by atoms with Gasteiger partial charge >= 0.3 is 5.97 Å². The molecule has 2 unspecified atom stereocenters. The number of rotatable bonds is 4. The summed E-state index contributed by atoms with van der Waals surface area (Å²) in [6, 6.07) is 0.487. The zero-order valence-electron chi connectivity index (χ0n) is 7.99. The number of carbonyl (C=O) groups is 1. The molecule has 0 bridgehead atoms. The lowest BCUT2D eigenvalue weighted by Crippen LogP contribution is -2.27. The third-order valence-electron chi connectivity index (χ3n) is 2.72. The normalized spacial score (nSPS) is 28.1. The van der Waals surface area contributed by atoms with Gasteiger partial charge < -0.3 is 10.4 Å². The van der Waals surface area contributed by atoms with E-state index in [4.69, 9.17) is 5.11 Å². The van der Waals surface area contributed by atoms with Crippen molar-refractivity contribution in [1.29, 1.82) is 0 Å². The first-order valence-electron chi connectivity index (χ1n) is 4.89. The van der Waals surface area contributed by atoms with Crippen LogP contribution in [0.5, 0.6) is 0 Å². The molecule has 1 saturated carbocycles. The molecule has 1 aliphatic carbocycles. The summed E-state index contributed by atoms with van der Waals surface area (Å²) < 4.78 is 0. The Morgan fingerprint density at radius 2 is 2.38 bits per heavy atom. The Kier molecular flexibility index (Phi) is 3.80. The van der Waals surface area contributed by atoms with Gasteiger partial charge in [-0.2, -0.15) is 0 Å². The highest BCUT2D eigenvalue weighted by Gasteiger charge is 2.24. The van der Waals surface area contributed by atoms with E-state index in [9.17, 15) is 4.79 Å². The molecule has 1 rings (SSSR count). The molecule has 1 fully saturated rings. The van der Waals surface area contributed by atoms with Crippen molar-refractivity contribution in [1.82, 2.24) is 5.32 Å². The summed E-state index contributed by atoms with van der Waals surface area (Å²) >= 11 is 0. The van der Waals surface area contributed by atoms with Crippen molar-refractivity contribution in [3.8, 4) is 0 Å². The van der Waals surface area contributed by atoms with Gasteiger partial charge in [0.05, 0.1) is 0 Å². The van der Waals surface area contributed by atoms with Crippen LogP contribution in [-0.4, -0.2) is 17.1 Å². The third kappa shape index (κ3) is 3.09. The number of hydrogen-bond acceptors (Lipinski definition) is 2. The molecule has 0 saturated heterocycles. The molecule has 74 valence electrons. The highest BCUT2D eigenvalue weighted by Crippen LogP contribution is 2.27. The zero-order chi connectivity index (χ0) is 9.68. The quantitative estimate of drug-likeness (QED) is 0.653. The molecular weight excluding hydrogens is 166 g/mol. The number of carboxylic acids is 1. The highest BCUT2D eigenvalue weighted by molar-refractivity contribution is 5.79. The van der Waals surface area contributed by atoms with E-state index < -0.39 is 5.97 Å². The lowest BCUT2D eigenvalue weighted by molar-refractivity contribution is -0.131. The fourth-order valence-corrected chi connectivity index (χ4v) is 1.99. The minimum atomic E-state index is -0.890. The van der Waals surface area contributed by atoms with Crippen LogP contribution in [0.3, 0.4) is 0 Å². The molecule has 0 aliphatic heterocycles. The average Bonchev–Trinajstić information content (AvgIpc) is 2.51. The van der Waals surface area contributed by atoms with E-state index in [1.165, 1.54) is 25.7 Å². The fraction of sp³-hybridized carbons (Fsp3) is 0.700. The van der Waals surface area contributed by atoms with Crippen LogP contribution in [-0.2, 0) is 4.79 Å². The van der Waals surface area contributed by atoms with Gasteiger partial charge in [-0.25, -0.2) is 4.79 Å². The van der Waals surface area contributed by atoms with Crippen molar-refractivity contribution in [2.45, 2.75) is 38.6 Å². The van der Waals surface area contributed by atoms with Gasteiger partial charge in [-0.05, 0) is 18.8 Å². The summed E-state index contributed by atoms with van der Waals surface area (Å²) in [7, 11) is 0. The summed E-state index contributed by atoms with van der Waals surface area (Å²) in [5.41, 5.74) is 0. The van der Waals surface area contributed by atoms with Gasteiger partial charge in [0.15, 0.2) is 0 Å². The lowest BCUT2D eigenvalue weighted by atomic mass is 10.0. The molecule has 0 radical (unpaired) electrons. The lowest BCUT2D eigenvalue weighted by Gasteiger charge is -2.17. The molecule has 0 aromatic carbocycles. The molecule has 0 spiro atoms. The van der Waals surface area contributed by atoms with Crippen molar-refractivity contribution in [2.75, 3.05) is 0 Å². The molecule has 3 heteroatoms. The molecule has 1 aliphatic rings.